The summed E-state index contributed by atoms with van der Waals surface area (Å²) in [6.45, 7) is 7.28. The number of carbonyl (C=O) groups excluding carboxylic acids is 1. The van der Waals surface area contributed by atoms with Crippen LogP contribution in [0, 0.1) is 3.57 Å². The van der Waals surface area contributed by atoms with Crippen molar-refractivity contribution in [2.24, 2.45) is 0 Å². The van der Waals surface area contributed by atoms with Crippen molar-refractivity contribution in [2.45, 2.75) is 45.3 Å². The van der Waals surface area contributed by atoms with Crippen molar-refractivity contribution in [2.75, 3.05) is 18.0 Å². The summed E-state index contributed by atoms with van der Waals surface area (Å²) in [7, 11) is 0. The van der Waals surface area contributed by atoms with E-state index >= 15 is 0 Å². The van der Waals surface area contributed by atoms with Gasteiger partial charge < -0.3 is 15.0 Å². The summed E-state index contributed by atoms with van der Waals surface area (Å²) in [6.07, 6.45) is 3.37. The Balaban J connectivity index is 2.00. The van der Waals surface area contributed by atoms with Crippen LogP contribution in [0.2, 0.25) is 5.15 Å². The maximum atomic E-state index is 11.9. The van der Waals surface area contributed by atoms with Crippen LogP contribution in [-0.4, -0.2) is 35.8 Å². The van der Waals surface area contributed by atoms with Crippen LogP contribution in [-0.2, 0) is 4.74 Å². The lowest BCUT2D eigenvalue weighted by Gasteiger charge is -2.35. The van der Waals surface area contributed by atoms with E-state index in [-0.39, 0.29) is 12.1 Å². The zero-order valence-electron chi connectivity index (χ0n) is 13.0. The van der Waals surface area contributed by atoms with Crippen LogP contribution in [0.25, 0.3) is 0 Å². The van der Waals surface area contributed by atoms with E-state index in [1.165, 1.54) is 0 Å². The van der Waals surface area contributed by atoms with Crippen molar-refractivity contribution in [3.63, 3.8) is 0 Å². The summed E-state index contributed by atoms with van der Waals surface area (Å²) in [4.78, 5) is 18.2. The van der Waals surface area contributed by atoms with E-state index in [2.05, 4.69) is 37.8 Å². The number of pyridine rings is 1. The predicted molar refractivity (Wildman–Crippen MR) is 96.6 cm³/mol. The Hall–Kier alpha value is -0.760. The fraction of sp³-hybridized carbons (Fsp3) is 0.600. The third kappa shape index (κ3) is 5.15. The summed E-state index contributed by atoms with van der Waals surface area (Å²) in [5.74, 6) is 0. The molecule has 1 aromatic heterocycles. The average molecular weight is 438 g/mol. The number of rotatable bonds is 2. The van der Waals surface area contributed by atoms with Gasteiger partial charge in [0.05, 0.1) is 9.26 Å². The average Bonchev–Trinajstić information content (AvgIpc) is 2.39. The minimum absolute atomic E-state index is 0.0753. The Morgan fingerprint density at radius 3 is 2.95 bits per heavy atom. The van der Waals surface area contributed by atoms with Crippen molar-refractivity contribution in [3.8, 4) is 0 Å². The minimum atomic E-state index is -0.480. The van der Waals surface area contributed by atoms with Crippen molar-refractivity contribution in [1.82, 2.24) is 10.3 Å². The van der Waals surface area contributed by atoms with Gasteiger partial charge in [0.25, 0.3) is 0 Å². The molecule has 0 bridgehead atoms. The van der Waals surface area contributed by atoms with Gasteiger partial charge in [-0.15, -0.1) is 0 Å². The Labute approximate surface area is 149 Å². The molecule has 0 aliphatic carbocycles. The number of anilines is 1. The number of piperidine rings is 1. The van der Waals surface area contributed by atoms with Crippen LogP contribution in [0.15, 0.2) is 12.3 Å². The number of halogens is 2. The summed E-state index contributed by atoms with van der Waals surface area (Å²) in [5.41, 5.74) is 0.586. The minimum Gasteiger partial charge on any atom is -0.444 e. The lowest BCUT2D eigenvalue weighted by molar-refractivity contribution is 0.0500. The molecule has 0 aromatic carbocycles. The number of hydrogen-bond donors (Lipinski definition) is 1. The molecule has 2 rings (SSSR count). The van der Waals surface area contributed by atoms with E-state index in [0.29, 0.717) is 5.15 Å². The van der Waals surface area contributed by atoms with Crippen LogP contribution in [0.4, 0.5) is 10.5 Å². The number of alkyl carbamates (subject to hydrolysis) is 1. The van der Waals surface area contributed by atoms with Crippen LogP contribution >= 0.6 is 34.2 Å². The van der Waals surface area contributed by atoms with Gasteiger partial charge in [-0.3, -0.25) is 0 Å². The number of amides is 1. The number of nitrogens with zero attached hydrogens (tertiary/aromatic N) is 2. The van der Waals surface area contributed by atoms with Crippen LogP contribution in [0.3, 0.4) is 0 Å². The zero-order chi connectivity index (χ0) is 16.3. The Morgan fingerprint density at radius 1 is 1.55 bits per heavy atom. The second-order valence-corrected chi connectivity index (χ2v) is 7.94. The van der Waals surface area contributed by atoms with Gasteiger partial charge in [0.1, 0.15) is 10.8 Å². The highest BCUT2D eigenvalue weighted by Gasteiger charge is 2.25. The van der Waals surface area contributed by atoms with E-state index in [9.17, 15) is 4.79 Å². The molecule has 1 fully saturated rings. The van der Waals surface area contributed by atoms with E-state index in [1.54, 1.807) is 6.20 Å². The maximum Gasteiger partial charge on any atom is 0.407 e. The maximum absolute atomic E-state index is 11.9. The standard InChI is InChI=1S/C15H21ClIN3O2/c1-15(2,3)22-14(21)19-10-5-4-6-20(9-10)12-7-13(16)18-8-11(12)17/h7-8,10H,4-6,9H2,1-3H3,(H,19,21)/t10-/m1/s1. The molecule has 2 heterocycles. The molecule has 0 unspecified atom stereocenters. The molecular weight excluding hydrogens is 417 g/mol. The molecule has 5 nitrogen and oxygen atoms in total. The molecule has 7 heteroatoms. The van der Waals surface area contributed by atoms with Gasteiger partial charge >= 0.3 is 6.09 Å². The van der Waals surface area contributed by atoms with Gasteiger partial charge in [0.15, 0.2) is 0 Å². The van der Waals surface area contributed by atoms with E-state index in [0.717, 1.165) is 35.2 Å². The van der Waals surface area contributed by atoms with Gasteiger partial charge in [-0.1, -0.05) is 11.6 Å². The molecule has 0 saturated carbocycles. The van der Waals surface area contributed by atoms with Crippen molar-refractivity contribution in [1.29, 1.82) is 0 Å². The first kappa shape index (κ1) is 17.6. The molecule has 22 heavy (non-hydrogen) atoms. The third-order valence-corrected chi connectivity index (χ3v) is 4.32. The molecule has 0 spiro atoms. The first-order chi connectivity index (χ1) is 10.2. The number of aromatic nitrogens is 1. The fourth-order valence-electron chi connectivity index (χ4n) is 2.43. The summed E-state index contributed by atoms with van der Waals surface area (Å²) in [6, 6.07) is 1.95. The molecule has 1 amide bonds. The highest BCUT2D eigenvalue weighted by atomic mass is 127. The number of nitrogens with one attached hydrogen (secondary N) is 1. The first-order valence-electron chi connectivity index (χ1n) is 7.30. The van der Waals surface area contributed by atoms with Gasteiger partial charge in [0.2, 0.25) is 0 Å². The SMILES string of the molecule is CC(C)(C)OC(=O)N[C@@H]1CCCN(c2cc(Cl)ncc2I)C1. The topological polar surface area (TPSA) is 54.5 Å². The van der Waals surface area contributed by atoms with Crippen molar-refractivity contribution < 1.29 is 9.53 Å². The molecule has 0 radical (unpaired) electrons. The van der Waals surface area contributed by atoms with Crippen molar-refractivity contribution in [3.05, 3.63) is 21.0 Å². The quantitative estimate of drug-likeness (QED) is 0.564. The Morgan fingerprint density at radius 2 is 2.27 bits per heavy atom. The highest BCUT2D eigenvalue weighted by Crippen LogP contribution is 2.27. The van der Waals surface area contributed by atoms with Crippen LogP contribution in [0.1, 0.15) is 33.6 Å². The van der Waals surface area contributed by atoms with Gasteiger partial charge in [-0.2, -0.15) is 0 Å². The van der Waals surface area contributed by atoms with Crippen LogP contribution < -0.4 is 10.2 Å². The number of ether oxygens (including phenoxy) is 1. The smallest absolute Gasteiger partial charge is 0.407 e. The lowest BCUT2D eigenvalue weighted by Crippen LogP contribution is -2.49. The highest BCUT2D eigenvalue weighted by molar-refractivity contribution is 14.1. The Bertz CT molecular complexity index is 548. The molecule has 1 atom stereocenters. The molecule has 1 aromatic rings. The molecule has 1 saturated heterocycles. The molecule has 122 valence electrons. The van der Waals surface area contributed by atoms with Gasteiger partial charge in [-0.25, -0.2) is 9.78 Å². The largest absolute Gasteiger partial charge is 0.444 e. The van der Waals surface area contributed by atoms with E-state index in [4.69, 9.17) is 16.3 Å². The molecule has 1 N–H and O–H groups in total. The molecular formula is C15H21ClIN3O2. The lowest BCUT2D eigenvalue weighted by atomic mass is 10.1. The predicted octanol–water partition coefficient (Wildman–Crippen LogP) is 3.83. The monoisotopic (exact) mass is 437 g/mol. The summed E-state index contributed by atoms with van der Waals surface area (Å²) >= 11 is 8.25. The van der Waals surface area contributed by atoms with Crippen molar-refractivity contribution >= 4 is 46.0 Å². The molecule has 1 aliphatic rings. The van der Waals surface area contributed by atoms with Gasteiger partial charge in [0, 0.05) is 25.3 Å². The second kappa shape index (κ2) is 7.21. The van der Waals surface area contributed by atoms with Crippen LogP contribution in [0.5, 0.6) is 0 Å². The van der Waals surface area contributed by atoms with E-state index < -0.39 is 5.60 Å². The number of carbonyl (C=O) groups is 1. The first-order valence-corrected chi connectivity index (χ1v) is 8.76. The summed E-state index contributed by atoms with van der Waals surface area (Å²) in [5, 5.41) is 3.44. The Kier molecular flexibility index (Phi) is 5.76. The second-order valence-electron chi connectivity index (χ2n) is 6.39. The third-order valence-electron chi connectivity index (χ3n) is 3.28. The van der Waals surface area contributed by atoms with E-state index in [1.807, 2.05) is 26.8 Å². The zero-order valence-corrected chi connectivity index (χ0v) is 15.9. The number of hydrogen-bond acceptors (Lipinski definition) is 4. The summed E-state index contributed by atoms with van der Waals surface area (Å²) < 4.78 is 6.38. The fourth-order valence-corrected chi connectivity index (χ4v) is 3.22. The normalized spacial score (nSPS) is 19.0. The van der Waals surface area contributed by atoms with Gasteiger partial charge in [-0.05, 0) is 62.3 Å². The molecule has 1 aliphatic heterocycles.